The summed E-state index contributed by atoms with van der Waals surface area (Å²) in [6.07, 6.45) is 0. The van der Waals surface area contributed by atoms with E-state index in [2.05, 4.69) is 26.6 Å². The number of hydrogen-bond acceptors (Lipinski definition) is 5. The summed E-state index contributed by atoms with van der Waals surface area (Å²) < 4.78 is 8.19. The fourth-order valence-electron chi connectivity index (χ4n) is 4.09. The molecule has 170 valence electrons. The van der Waals surface area contributed by atoms with Gasteiger partial charge in [0.05, 0.1) is 18.2 Å². The Morgan fingerprint density at radius 1 is 1.06 bits per heavy atom. The molecule has 1 aliphatic rings. The number of amides is 1. The lowest BCUT2D eigenvalue weighted by Crippen LogP contribution is -2.31. The second-order valence-electron chi connectivity index (χ2n) is 7.85. The lowest BCUT2D eigenvalue weighted by atomic mass is 9.95. The summed E-state index contributed by atoms with van der Waals surface area (Å²) in [5.74, 6) is 1.54. The van der Waals surface area contributed by atoms with Crippen molar-refractivity contribution in [2.24, 2.45) is 0 Å². The lowest BCUT2D eigenvalue weighted by Gasteiger charge is -2.28. The predicted molar refractivity (Wildman–Crippen MR) is 136 cm³/mol. The monoisotopic (exact) mass is 515 g/mol. The normalized spacial score (nSPS) is 14.9. The van der Waals surface area contributed by atoms with Gasteiger partial charge in [0, 0.05) is 15.9 Å². The number of allylic oxidation sites excluding steroid dienone is 1. The third-order valence-electron chi connectivity index (χ3n) is 5.64. The molecule has 0 fully saturated rings. The highest BCUT2D eigenvalue weighted by Crippen LogP contribution is 2.38. The van der Waals surface area contributed by atoms with Crippen LogP contribution in [-0.4, -0.2) is 27.8 Å². The Kier molecular flexibility index (Phi) is 5.90. The molecule has 0 bridgehead atoms. The molecule has 0 saturated heterocycles. The summed E-state index contributed by atoms with van der Waals surface area (Å²) in [6, 6.07) is 24.4. The highest BCUT2D eigenvalue weighted by molar-refractivity contribution is 9.10. The summed E-state index contributed by atoms with van der Waals surface area (Å²) >= 11 is 3.56. The van der Waals surface area contributed by atoms with Gasteiger partial charge in [-0.15, -0.1) is 5.10 Å². The van der Waals surface area contributed by atoms with Gasteiger partial charge in [0.2, 0.25) is 5.95 Å². The van der Waals surface area contributed by atoms with E-state index in [0.29, 0.717) is 28.8 Å². The van der Waals surface area contributed by atoms with E-state index in [9.17, 15) is 4.79 Å². The first-order valence-electron chi connectivity index (χ1n) is 10.7. The Hall–Kier alpha value is -3.91. The number of rotatable bonds is 5. The molecule has 8 heteroatoms. The number of anilines is 2. The second kappa shape index (κ2) is 9.15. The van der Waals surface area contributed by atoms with Gasteiger partial charge in [0.1, 0.15) is 11.8 Å². The molecule has 2 N–H and O–H groups in total. The number of aromatic nitrogens is 3. The van der Waals surface area contributed by atoms with E-state index in [1.54, 1.807) is 11.8 Å². The minimum atomic E-state index is -0.478. The lowest BCUT2D eigenvalue weighted by molar-refractivity contribution is -0.113. The molecule has 1 unspecified atom stereocenters. The molecule has 0 saturated carbocycles. The average Bonchev–Trinajstić information content (AvgIpc) is 3.27. The largest absolute Gasteiger partial charge is 0.496 e. The maximum atomic E-state index is 13.5. The molecular formula is C26H22BrN5O2. The van der Waals surface area contributed by atoms with E-state index in [4.69, 9.17) is 14.8 Å². The molecule has 0 aliphatic carbocycles. The first kappa shape index (κ1) is 21.9. The minimum Gasteiger partial charge on any atom is -0.496 e. The molecule has 5 rings (SSSR count). The molecule has 0 spiro atoms. The number of nitrogens with one attached hydrogen (secondary N) is 2. The van der Waals surface area contributed by atoms with E-state index < -0.39 is 6.04 Å². The Morgan fingerprint density at radius 3 is 2.59 bits per heavy atom. The van der Waals surface area contributed by atoms with Crippen molar-refractivity contribution in [2.75, 3.05) is 17.7 Å². The van der Waals surface area contributed by atoms with Crippen LogP contribution in [0.15, 0.2) is 94.6 Å². The van der Waals surface area contributed by atoms with Gasteiger partial charge in [-0.05, 0) is 48.9 Å². The van der Waals surface area contributed by atoms with Gasteiger partial charge in [0.25, 0.3) is 5.91 Å². The molecule has 3 aromatic carbocycles. The zero-order chi connectivity index (χ0) is 23.7. The summed E-state index contributed by atoms with van der Waals surface area (Å²) in [6.45, 7) is 1.88. The van der Waals surface area contributed by atoms with Gasteiger partial charge in [0.15, 0.2) is 5.82 Å². The van der Waals surface area contributed by atoms with Gasteiger partial charge in [-0.25, -0.2) is 4.68 Å². The van der Waals surface area contributed by atoms with Crippen molar-refractivity contribution in [3.05, 3.63) is 100 Å². The van der Waals surface area contributed by atoms with Crippen molar-refractivity contribution < 1.29 is 9.53 Å². The Bertz CT molecular complexity index is 1400. The van der Waals surface area contributed by atoms with Crippen molar-refractivity contribution in [2.45, 2.75) is 13.0 Å². The Balaban J connectivity index is 1.63. The number of hydrogen-bond donors (Lipinski definition) is 2. The third-order valence-corrected chi connectivity index (χ3v) is 6.13. The van der Waals surface area contributed by atoms with Crippen LogP contribution >= 0.6 is 15.9 Å². The molecule has 1 aliphatic heterocycles. The molecule has 0 radical (unpaired) electrons. The van der Waals surface area contributed by atoms with Crippen LogP contribution < -0.4 is 15.4 Å². The van der Waals surface area contributed by atoms with Crippen LogP contribution in [-0.2, 0) is 4.79 Å². The van der Waals surface area contributed by atoms with Crippen LogP contribution in [0, 0.1) is 0 Å². The average molecular weight is 516 g/mol. The fraction of sp³-hybridized carbons (Fsp3) is 0.115. The van der Waals surface area contributed by atoms with Gasteiger partial charge >= 0.3 is 0 Å². The van der Waals surface area contributed by atoms with Gasteiger partial charge < -0.3 is 15.4 Å². The van der Waals surface area contributed by atoms with Crippen molar-refractivity contribution >= 4 is 33.5 Å². The molecule has 1 amide bonds. The highest BCUT2D eigenvalue weighted by atomic mass is 79.9. The number of carbonyl (C=O) groups is 1. The van der Waals surface area contributed by atoms with Crippen LogP contribution in [0.25, 0.3) is 11.4 Å². The minimum absolute atomic E-state index is 0.207. The number of fused-ring (bicyclic) bond motifs is 1. The van der Waals surface area contributed by atoms with Crippen LogP contribution in [0.2, 0.25) is 0 Å². The van der Waals surface area contributed by atoms with E-state index in [1.807, 2.05) is 85.8 Å². The molecule has 2 heterocycles. The zero-order valence-electron chi connectivity index (χ0n) is 18.6. The summed E-state index contributed by atoms with van der Waals surface area (Å²) in [7, 11) is 1.62. The Labute approximate surface area is 205 Å². The van der Waals surface area contributed by atoms with Crippen LogP contribution in [0.3, 0.4) is 0 Å². The SMILES string of the molecule is COc1ccccc1-c1nc2n(n1)C(c1cccc(Br)c1)C(C(=O)Nc1ccccc1)=C(C)N2. The van der Waals surface area contributed by atoms with Crippen molar-refractivity contribution in [1.82, 2.24) is 14.8 Å². The Morgan fingerprint density at radius 2 is 1.82 bits per heavy atom. The van der Waals surface area contributed by atoms with E-state index in [1.165, 1.54) is 0 Å². The number of para-hydroxylation sites is 2. The number of carbonyl (C=O) groups excluding carboxylic acids is 1. The fourth-order valence-corrected chi connectivity index (χ4v) is 4.51. The quantitative estimate of drug-likeness (QED) is 0.359. The first-order valence-corrected chi connectivity index (χ1v) is 11.5. The first-order chi connectivity index (χ1) is 16.5. The summed E-state index contributed by atoms with van der Waals surface area (Å²) in [5, 5.41) is 11.1. The molecule has 1 aromatic heterocycles. The third kappa shape index (κ3) is 4.08. The number of ether oxygens (including phenoxy) is 1. The number of benzene rings is 3. The predicted octanol–water partition coefficient (Wildman–Crippen LogP) is 5.64. The topological polar surface area (TPSA) is 81.1 Å². The van der Waals surface area contributed by atoms with E-state index in [0.717, 1.165) is 21.3 Å². The van der Waals surface area contributed by atoms with Crippen molar-refractivity contribution in [3.63, 3.8) is 0 Å². The number of halogens is 1. The van der Waals surface area contributed by atoms with Gasteiger partial charge in [-0.1, -0.05) is 58.4 Å². The van der Waals surface area contributed by atoms with E-state index >= 15 is 0 Å². The van der Waals surface area contributed by atoms with Crippen LogP contribution in [0.4, 0.5) is 11.6 Å². The smallest absolute Gasteiger partial charge is 0.255 e. The number of nitrogens with zero attached hydrogens (tertiary/aromatic N) is 3. The standard InChI is InChI=1S/C26H22BrN5O2/c1-16-22(25(33)29-19-11-4-3-5-12-19)23(17-9-8-10-18(27)15-17)32-26(28-16)30-24(31-32)20-13-6-7-14-21(20)34-2/h3-15,23H,1-2H3,(H,29,33)(H,28,30,31). The maximum absolute atomic E-state index is 13.5. The molecule has 4 aromatic rings. The highest BCUT2D eigenvalue weighted by Gasteiger charge is 2.34. The van der Waals surface area contributed by atoms with E-state index in [-0.39, 0.29) is 5.91 Å². The van der Waals surface area contributed by atoms with Crippen LogP contribution in [0.1, 0.15) is 18.5 Å². The van der Waals surface area contributed by atoms with Crippen molar-refractivity contribution in [3.8, 4) is 17.1 Å². The zero-order valence-corrected chi connectivity index (χ0v) is 20.2. The van der Waals surface area contributed by atoms with Crippen LogP contribution in [0.5, 0.6) is 5.75 Å². The van der Waals surface area contributed by atoms with Crippen molar-refractivity contribution in [1.29, 1.82) is 0 Å². The molecule has 34 heavy (non-hydrogen) atoms. The summed E-state index contributed by atoms with van der Waals surface area (Å²) in [5.41, 5.74) is 3.68. The molecule has 1 atom stereocenters. The van der Waals surface area contributed by atoms with Gasteiger partial charge in [-0.2, -0.15) is 4.98 Å². The van der Waals surface area contributed by atoms with Gasteiger partial charge in [-0.3, -0.25) is 4.79 Å². The molecule has 7 nitrogen and oxygen atoms in total. The number of methoxy groups -OCH3 is 1. The molecular weight excluding hydrogens is 494 g/mol. The second-order valence-corrected chi connectivity index (χ2v) is 8.76. The maximum Gasteiger partial charge on any atom is 0.255 e. The summed E-state index contributed by atoms with van der Waals surface area (Å²) in [4.78, 5) is 18.3.